The molecule has 0 atom stereocenters. The number of rotatable bonds is 4. The third-order valence-electron chi connectivity index (χ3n) is 5.61. The van der Waals surface area contributed by atoms with Gasteiger partial charge < -0.3 is 14.2 Å². The molecule has 1 saturated heterocycles. The van der Waals surface area contributed by atoms with Crippen molar-refractivity contribution in [3.8, 4) is 11.3 Å². The Hall–Kier alpha value is -3.09. The second kappa shape index (κ2) is 8.96. The fraction of sp³-hybridized carbons (Fsp3) is 0.200. The molecule has 0 spiro atoms. The van der Waals surface area contributed by atoms with E-state index in [1.165, 1.54) is 17.3 Å². The van der Waals surface area contributed by atoms with E-state index in [1.807, 2.05) is 42.5 Å². The molecule has 0 saturated carbocycles. The Morgan fingerprint density at radius 2 is 1.68 bits per heavy atom. The first-order chi connectivity index (χ1) is 15.2. The second-order valence-corrected chi connectivity index (χ2v) is 8.79. The molecular weight excluding hydrogens is 406 g/mol. The normalized spacial score (nSPS) is 18.6. The van der Waals surface area contributed by atoms with Crippen LogP contribution in [-0.2, 0) is 11.3 Å². The molecule has 0 unspecified atom stereocenters. The van der Waals surface area contributed by atoms with E-state index in [0.717, 1.165) is 49.2 Å². The van der Waals surface area contributed by atoms with Gasteiger partial charge in [-0.2, -0.15) is 4.99 Å². The van der Waals surface area contributed by atoms with E-state index in [2.05, 4.69) is 40.2 Å². The van der Waals surface area contributed by atoms with Gasteiger partial charge in [-0.25, -0.2) is 0 Å². The first-order valence-corrected chi connectivity index (χ1v) is 11.4. The topological polar surface area (TPSA) is 50.2 Å². The minimum Gasteiger partial charge on any atom is -0.457 e. The highest BCUT2D eigenvalue weighted by molar-refractivity contribution is 8.18. The number of quaternary nitrogens is 1. The van der Waals surface area contributed by atoms with Crippen LogP contribution >= 0.6 is 11.8 Å². The van der Waals surface area contributed by atoms with E-state index in [-0.39, 0.29) is 5.91 Å². The predicted molar refractivity (Wildman–Crippen MR) is 125 cm³/mol. The largest absolute Gasteiger partial charge is 0.457 e. The molecule has 0 bridgehead atoms. The number of nitrogens with one attached hydrogen (secondary N) is 1. The predicted octanol–water partition coefficient (Wildman–Crippen LogP) is 3.32. The van der Waals surface area contributed by atoms with Gasteiger partial charge in [0.05, 0.1) is 31.1 Å². The van der Waals surface area contributed by atoms with Gasteiger partial charge in [-0.1, -0.05) is 60.7 Å². The summed E-state index contributed by atoms with van der Waals surface area (Å²) in [6.07, 6.45) is 1.80. The van der Waals surface area contributed by atoms with E-state index in [4.69, 9.17) is 4.42 Å². The molecule has 0 radical (unpaired) electrons. The third kappa shape index (κ3) is 4.65. The maximum absolute atomic E-state index is 12.5. The summed E-state index contributed by atoms with van der Waals surface area (Å²) in [6, 6.07) is 24.4. The summed E-state index contributed by atoms with van der Waals surface area (Å²) < 4.78 is 5.92. The van der Waals surface area contributed by atoms with Crippen LogP contribution in [0, 0.1) is 0 Å². The number of benzene rings is 2. The Kier molecular flexibility index (Phi) is 5.74. The Morgan fingerprint density at radius 1 is 0.968 bits per heavy atom. The van der Waals surface area contributed by atoms with Crippen molar-refractivity contribution in [2.24, 2.45) is 4.99 Å². The van der Waals surface area contributed by atoms with Crippen molar-refractivity contribution in [1.82, 2.24) is 4.90 Å². The molecule has 0 aliphatic carbocycles. The maximum Gasteiger partial charge on any atom is 0.286 e. The molecule has 3 aromatic rings. The standard InChI is InChI=1S/C25H23N3O2S/c29-24-23(17-21-11-12-22(30-21)20-9-5-2-6-10-20)31-25(26-24)28-15-13-27(14-16-28)18-19-7-3-1-4-8-19/h1-12,17H,13-16,18H2/p+1/b23-17+. The molecule has 1 amide bonds. The van der Waals surface area contributed by atoms with E-state index in [0.29, 0.717) is 10.7 Å². The summed E-state index contributed by atoms with van der Waals surface area (Å²) in [5.74, 6) is 1.28. The van der Waals surface area contributed by atoms with Crippen LogP contribution in [-0.4, -0.2) is 42.2 Å². The molecule has 156 valence electrons. The first-order valence-electron chi connectivity index (χ1n) is 10.5. The van der Waals surface area contributed by atoms with Crippen molar-refractivity contribution in [3.05, 3.63) is 89.0 Å². The van der Waals surface area contributed by atoms with Crippen molar-refractivity contribution in [2.75, 3.05) is 26.2 Å². The quantitative estimate of drug-likeness (QED) is 0.646. The van der Waals surface area contributed by atoms with E-state index in [1.54, 1.807) is 11.0 Å². The van der Waals surface area contributed by atoms with Crippen molar-refractivity contribution in [2.45, 2.75) is 6.54 Å². The molecule has 5 rings (SSSR count). The lowest BCUT2D eigenvalue weighted by atomic mass is 10.2. The molecular formula is C25H24N3O2S+. The first kappa shape index (κ1) is 19.8. The molecule has 5 nitrogen and oxygen atoms in total. The summed E-state index contributed by atoms with van der Waals surface area (Å²) >= 11 is 1.45. The van der Waals surface area contributed by atoms with Crippen LogP contribution in [0.3, 0.4) is 0 Å². The average molecular weight is 431 g/mol. The van der Waals surface area contributed by atoms with Gasteiger partial charge in [0.15, 0.2) is 5.17 Å². The summed E-state index contributed by atoms with van der Waals surface area (Å²) in [5, 5.41) is 0.810. The van der Waals surface area contributed by atoms with Crippen LogP contribution in [0.4, 0.5) is 0 Å². The van der Waals surface area contributed by atoms with E-state index in [9.17, 15) is 4.79 Å². The lowest BCUT2D eigenvalue weighted by Crippen LogP contribution is -3.13. The molecule has 1 fully saturated rings. The molecule has 2 aromatic carbocycles. The van der Waals surface area contributed by atoms with Crippen molar-refractivity contribution in [3.63, 3.8) is 0 Å². The molecule has 1 N–H and O–H groups in total. The average Bonchev–Trinajstić information content (AvgIpc) is 3.43. The molecule has 3 heterocycles. The van der Waals surface area contributed by atoms with Crippen LogP contribution in [0.2, 0.25) is 0 Å². The highest BCUT2D eigenvalue weighted by atomic mass is 32.2. The smallest absolute Gasteiger partial charge is 0.286 e. The lowest BCUT2D eigenvalue weighted by Gasteiger charge is -2.32. The number of piperazine rings is 1. The van der Waals surface area contributed by atoms with Gasteiger partial charge in [-0.05, 0) is 23.9 Å². The van der Waals surface area contributed by atoms with Crippen LogP contribution in [0.1, 0.15) is 11.3 Å². The fourth-order valence-corrected chi connectivity index (χ4v) is 4.87. The van der Waals surface area contributed by atoms with Crippen LogP contribution < -0.4 is 4.90 Å². The number of hydrogen-bond acceptors (Lipinski definition) is 4. The Morgan fingerprint density at radius 3 is 2.42 bits per heavy atom. The summed E-state index contributed by atoms with van der Waals surface area (Å²) in [6.45, 7) is 4.95. The number of amidine groups is 1. The SMILES string of the molecule is O=C1N=C(N2CC[NH+](Cc3ccccc3)CC2)S/C1=C/c1ccc(-c2ccccc2)o1. The van der Waals surface area contributed by atoms with Gasteiger partial charge in [-0.3, -0.25) is 4.79 Å². The number of thioether (sulfide) groups is 1. The summed E-state index contributed by atoms with van der Waals surface area (Å²) in [5.41, 5.74) is 2.39. The Labute approximate surface area is 186 Å². The van der Waals surface area contributed by atoms with Gasteiger partial charge in [0.2, 0.25) is 0 Å². The van der Waals surface area contributed by atoms with Crippen LogP contribution in [0.25, 0.3) is 17.4 Å². The maximum atomic E-state index is 12.5. The van der Waals surface area contributed by atoms with Crippen LogP contribution in [0.15, 0.2) is 87.1 Å². The lowest BCUT2D eigenvalue weighted by molar-refractivity contribution is -0.917. The van der Waals surface area contributed by atoms with E-state index >= 15 is 0 Å². The van der Waals surface area contributed by atoms with Crippen molar-refractivity contribution >= 4 is 28.9 Å². The zero-order valence-corrected chi connectivity index (χ0v) is 18.0. The summed E-state index contributed by atoms with van der Waals surface area (Å²) in [4.78, 5) is 21.2. The van der Waals surface area contributed by atoms with E-state index < -0.39 is 0 Å². The molecule has 1 aromatic heterocycles. The number of aliphatic imine (C=N–C) groups is 1. The number of nitrogens with zero attached hydrogens (tertiary/aromatic N) is 2. The van der Waals surface area contributed by atoms with Gasteiger partial charge in [0, 0.05) is 17.2 Å². The van der Waals surface area contributed by atoms with Gasteiger partial charge in [-0.15, -0.1) is 0 Å². The Balaban J connectivity index is 1.20. The van der Waals surface area contributed by atoms with Gasteiger partial charge in [0.25, 0.3) is 5.91 Å². The van der Waals surface area contributed by atoms with Crippen LogP contribution in [0.5, 0.6) is 0 Å². The van der Waals surface area contributed by atoms with Gasteiger partial charge in [0.1, 0.15) is 18.1 Å². The van der Waals surface area contributed by atoms with Crippen molar-refractivity contribution < 1.29 is 14.1 Å². The minimum absolute atomic E-state index is 0.184. The second-order valence-electron chi connectivity index (χ2n) is 7.78. The summed E-state index contributed by atoms with van der Waals surface area (Å²) in [7, 11) is 0. The molecule has 6 heteroatoms. The molecule has 2 aliphatic heterocycles. The van der Waals surface area contributed by atoms with Crippen molar-refractivity contribution in [1.29, 1.82) is 0 Å². The number of carbonyl (C=O) groups is 1. The highest BCUT2D eigenvalue weighted by Gasteiger charge is 2.30. The molecule has 31 heavy (non-hydrogen) atoms. The highest BCUT2D eigenvalue weighted by Crippen LogP contribution is 2.31. The fourth-order valence-electron chi connectivity index (χ4n) is 3.93. The minimum atomic E-state index is -0.184. The number of hydrogen-bond donors (Lipinski definition) is 1. The van der Waals surface area contributed by atoms with Gasteiger partial charge >= 0.3 is 0 Å². The number of furan rings is 1. The Bertz CT molecular complexity index is 1110. The monoisotopic (exact) mass is 430 g/mol. The number of amides is 1. The zero-order valence-electron chi connectivity index (χ0n) is 17.2. The molecule has 2 aliphatic rings. The third-order valence-corrected chi connectivity index (χ3v) is 6.65. The zero-order chi connectivity index (χ0) is 21.0. The number of carbonyl (C=O) groups excluding carboxylic acids is 1.